The van der Waals surface area contributed by atoms with Gasteiger partial charge in [0, 0.05) is 12.2 Å². The van der Waals surface area contributed by atoms with Gasteiger partial charge in [-0.1, -0.05) is 6.92 Å². The molecule has 11 heteroatoms. The Balaban J connectivity index is 0.00000242. The lowest BCUT2D eigenvalue weighted by molar-refractivity contribution is -0.142. The molecule has 1 aliphatic rings. The summed E-state index contributed by atoms with van der Waals surface area (Å²) in [4.78, 5) is -0.252. The van der Waals surface area contributed by atoms with Gasteiger partial charge < -0.3 is 5.32 Å². The fourth-order valence-electron chi connectivity index (χ4n) is 2.21. The molecular weight excluding hydrogens is 345 g/mol. The summed E-state index contributed by atoms with van der Waals surface area (Å²) in [6.07, 6.45) is -1.98. The quantitative estimate of drug-likeness (QED) is 0.842. The molecule has 1 aromatic rings. The maximum absolute atomic E-state index is 12.2. The molecule has 0 amide bonds. The summed E-state index contributed by atoms with van der Waals surface area (Å²) in [5.41, 5.74) is 0. The third-order valence-electron chi connectivity index (χ3n) is 3.35. The number of halogens is 4. The first-order valence-electron chi connectivity index (χ1n) is 6.50. The highest BCUT2D eigenvalue weighted by Crippen LogP contribution is 2.19. The minimum absolute atomic E-state index is 0. The summed E-state index contributed by atoms with van der Waals surface area (Å²) in [6, 6.07) is -0.234. The van der Waals surface area contributed by atoms with Crippen molar-refractivity contribution in [2.75, 3.05) is 13.1 Å². The second-order valence-electron chi connectivity index (χ2n) is 5.19. The highest BCUT2D eigenvalue weighted by atomic mass is 35.5. The van der Waals surface area contributed by atoms with Gasteiger partial charge in [-0.05, 0) is 25.4 Å². The molecule has 0 radical (unpaired) electrons. The molecule has 2 rings (SSSR count). The Morgan fingerprint density at radius 1 is 1.50 bits per heavy atom. The van der Waals surface area contributed by atoms with Gasteiger partial charge in [0.2, 0.25) is 10.0 Å². The molecular formula is C11H18ClF3N4O2S. The van der Waals surface area contributed by atoms with Crippen LogP contribution in [-0.2, 0) is 16.6 Å². The first-order valence-corrected chi connectivity index (χ1v) is 7.98. The van der Waals surface area contributed by atoms with Crippen molar-refractivity contribution < 1.29 is 21.6 Å². The number of aromatic nitrogens is 2. The number of nitrogens with zero attached hydrogens (tertiary/aromatic N) is 2. The standard InChI is InChI=1S/C11H17F3N4O2S.ClH/c1-8-4-15-3-2-10(8)17-21(19,20)9-5-16-18(6-9)7-11(12,13)14;/h5-6,8,10,15,17H,2-4,7H2,1H3;1H. The Labute approximate surface area is 132 Å². The first-order chi connectivity index (χ1) is 9.67. The third kappa shape index (κ3) is 5.11. The predicted molar refractivity (Wildman–Crippen MR) is 76.3 cm³/mol. The van der Waals surface area contributed by atoms with Crippen LogP contribution in [0.3, 0.4) is 0 Å². The Morgan fingerprint density at radius 3 is 2.77 bits per heavy atom. The van der Waals surface area contributed by atoms with Gasteiger partial charge in [0.25, 0.3) is 0 Å². The SMILES string of the molecule is CC1CNCCC1NS(=O)(=O)c1cnn(CC(F)(F)F)c1.Cl. The molecule has 128 valence electrons. The van der Waals surface area contributed by atoms with Gasteiger partial charge in [0.1, 0.15) is 11.4 Å². The summed E-state index contributed by atoms with van der Waals surface area (Å²) in [5.74, 6) is 0.110. The normalized spacial score (nSPS) is 23.1. The van der Waals surface area contributed by atoms with Crippen LogP contribution in [-0.4, -0.2) is 43.5 Å². The molecule has 2 N–H and O–H groups in total. The van der Waals surface area contributed by atoms with Gasteiger partial charge in [0.15, 0.2) is 0 Å². The number of nitrogens with one attached hydrogen (secondary N) is 2. The highest BCUT2D eigenvalue weighted by molar-refractivity contribution is 7.89. The van der Waals surface area contributed by atoms with Crippen molar-refractivity contribution >= 4 is 22.4 Å². The van der Waals surface area contributed by atoms with E-state index in [1.165, 1.54) is 0 Å². The Hall–Kier alpha value is -0.840. The van der Waals surface area contributed by atoms with Crippen LogP contribution in [0.1, 0.15) is 13.3 Å². The lowest BCUT2D eigenvalue weighted by Gasteiger charge is -2.29. The summed E-state index contributed by atoms with van der Waals surface area (Å²) >= 11 is 0. The zero-order valence-electron chi connectivity index (χ0n) is 11.8. The zero-order chi connectivity index (χ0) is 15.7. The second kappa shape index (κ2) is 7.16. The minimum atomic E-state index is -4.44. The number of rotatable bonds is 4. The molecule has 22 heavy (non-hydrogen) atoms. The van der Waals surface area contributed by atoms with Crippen molar-refractivity contribution in [3.05, 3.63) is 12.4 Å². The third-order valence-corrected chi connectivity index (χ3v) is 4.80. The van der Waals surface area contributed by atoms with E-state index in [0.717, 1.165) is 12.4 Å². The van der Waals surface area contributed by atoms with E-state index in [1.54, 1.807) is 0 Å². The molecule has 0 spiro atoms. The molecule has 0 bridgehead atoms. The van der Waals surface area contributed by atoms with E-state index >= 15 is 0 Å². The van der Waals surface area contributed by atoms with E-state index < -0.39 is 22.7 Å². The average molecular weight is 363 g/mol. The van der Waals surface area contributed by atoms with Crippen LogP contribution in [0.2, 0.25) is 0 Å². The first kappa shape index (κ1) is 19.2. The van der Waals surface area contributed by atoms with Gasteiger partial charge >= 0.3 is 6.18 Å². The van der Waals surface area contributed by atoms with Crippen LogP contribution in [0, 0.1) is 5.92 Å². The number of alkyl halides is 3. The van der Waals surface area contributed by atoms with E-state index in [4.69, 9.17) is 0 Å². The van der Waals surface area contributed by atoms with Gasteiger partial charge in [-0.3, -0.25) is 4.68 Å². The van der Waals surface area contributed by atoms with Gasteiger partial charge in [-0.2, -0.15) is 18.3 Å². The van der Waals surface area contributed by atoms with E-state index in [1.807, 2.05) is 6.92 Å². The lowest BCUT2D eigenvalue weighted by atomic mass is 9.97. The molecule has 1 aromatic heterocycles. The fraction of sp³-hybridized carbons (Fsp3) is 0.727. The van der Waals surface area contributed by atoms with E-state index in [2.05, 4.69) is 15.1 Å². The summed E-state index contributed by atoms with van der Waals surface area (Å²) in [6.45, 7) is 1.99. The van der Waals surface area contributed by atoms with Crippen LogP contribution < -0.4 is 10.0 Å². The summed E-state index contributed by atoms with van der Waals surface area (Å²) < 4.78 is 64.1. The van der Waals surface area contributed by atoms with Crippen molar-refractivity contribution in [2.24, 2.45) is 5.92 Å². The number of piperidine rings is 1. The smallest absolute Gasteiger partial charge is 0.316 e. The topological polar surface area (TPSA) is 76.0 Å². The van der Waals surface area contributed by atoms with Crippen LogP contribution in [0.5, 0.6) is 0 Å². The fourth-order valence-corrected chi connectivity index (χ4v) is 3.54. The monoisotopic (exact) mass is 362 g/mol. The van der Waals surface area contributed by atoms with Crippen molar-refractivity contribution in [1.29, 1.82) is 0 Å². The van der Waals surface area contributed by atoms with E-state index in [0.29, 0.717) is 24.2 Å². The Morgan fingerprint density at radius 2 is 2.18 bits per heavy atom. The van der Waals surface area contributed by atoms with E-state index in [9.17, 15) is 21.6 Å². The van der Waals surface area contributed by atoms with Crippen molar-refractivity contribution in [2.45, 2.75) is 37.0 Å². The number of hydrogen-bond donors (Lipinski definition) is 2. The maximum atomic E-state index is 12.2. The molecule has 1 aliphatic heterocycles. The number of sulfonamides is 1. The predicted octanol–water partition coefficient (Wildman–Crippen LogP) is 1.14. The molecule has 0 aliphatic carbocycles. The molecule has 2 unspecified atom stereocenters. The minimum Gasteiger partial charge on any atom is -0.316 e. The summed E-state index contributed by atoms with van der Waals surface area (Å²) in [5, 5.41) is 6.59. The number of hydrogen-bond acceptors (Lipinski definition) is 4. The Kier molecular flexibility index (Phi) is 6.25. The summed E-state index contributed by atoms with van der Waals surface area (Å²) in [7, 11) is -3.86. The largest absolute Gasteiger partial charge is 0.408 e. The Bertz CT molecular complexity index is 590. The molecule has 0 saturated carbocycles. The van der Waals surface area contributed by atoms with Gasteiger partial charge in [-0.25, -0.2) is 13.1 Å². The molecule has 6 nitrogen and oxygen atoms in total. The second-order valence-corrected chi connectivity index (χ2v) is 6.90. The molecule has 1 fully saturated rings. The van der Waals surface area contributed by atoms with Gasteiger partial charge in [0.05, 0.1) is 6.20 Å². The van der Waals surface area contributed by atoms with Crippen LogP contribution in [0.4, 0.5) is 13.2 Å². The molecule has 1 saturated heterocycles. The highest BCUT2D eigenvalue weighted by Gasteiger charge is 2.30. The lowest BCUT2D eigenvalue weighted by Crippen LogP contribution is -2.48. The van der Waals surface area contributed by atoms with Crippen LogP contribution in [0.25, 0.3) is 0 Å². The van der Waals surface area contributed by atoms with E-state index in [-0.39, 0.29) is 29.3 Å². The van der Waals surface area contributed by atoms with Crippen molar-refractivity contribution in [1.82, 2.24) is 19.8 Å². The molecule has 2 atom stereocenters. The maximum Gasteiger partial charge on any atom is 0.408 e. The molecule has 0 aromatic carbocycles. The van der Waals surface area contributed by atoms with Crippen LogP contribution >= 0.6 is 12.4 Å². The van der Waals surface area contributed by atoms with Crippen LogP contribution in [0.15, 0.2) is 17.3 Å². The molecule has 2 heterocycles. The van der Waals surface area contributed by atoms with Crippen molar-refractivity contribution in [3.63, 3.8) is 0 Å². The van der Waals surface area contributed by atoms with Gasteiger partial charge in [-0.15, -0.1) is 12.4 Å². The average Bonchev–Trinajstić information content (AvgIpc) is 2.79. The zero-order valence-corrected chi connectivity index (χ0v) is 13.4. The van der Waals surface area contributed by atoms with Crippen molar-refractivity contribution in [3.8, 4) is 0 Å².